The lowest BCUT2D eigenvalue weighted by molar-refractivity contribution is -0.119. The second-order valence-electron chi connectivity index (χ2n) is 5.26. The molecule has 1 aliphatic heterocycles. The van der Waals surface area contributed by atoms with E-state index in [1.54, 1.807) is 0 Å². The van der Waals surface area contributed by atoms with Crippen LogP contribution in [-0.2, 0) is 4.79 Å². The fourth-order valence-corrected chi connectivity index (χ4v) is 2.26. The molecule has 0 aromatic rings. The minimum atomic E-state index is -0.212. The molecule has 94 valence electrons. The maximum absolute atomic E-state index is 10.8. The van der Waals surface area contributed by atoms with Crippen LogP contribution >= 0.6 is 0 Å². The molecule has 3 N–H and O–H groups in total. The molecule has 0 aromatic carbocycles. The standard InChI is InChI=1S/C12H25N3O/c1-10(2)6-14-7-11-4-3-5-15(8-11)9-12(13)16/h10-11,14H,3-9H2,1-2H3,(H2,13,16). The Morgan fingerprint density at radius 2 is 2.31 bits per heavy atom. The summed E-state index contributed by atoms with van der Waals surface area (Å²) in [6.45, 7) is 9.01. The van der Waals surface area contributed by atoms with Crippen LogP contribution in [-0.4, -0.2) is 43.5 Å². The van der Waals surface area contributed by atoms with Crippen LogP contribution in [0.1, 0.15) is 26.7 Å². The van der Waals surface area contributed by atoms with Crippen molar-refractivity contribution in [1.82, 2.24) is 10.2 Å². The minimum Gasteiger partial charge on any atom is -0.369 e. The van der Waals surface area contributed by atoms with Crippen molar-refractivity contribution in [3.8, 4) is 0 Å². The molecule has 0 aromatic heterocycles. The summed E-state index contributed by atoms with van der Waals surface area (Å²) in [5.74, 6) is 1.16. The summed E-state index contributed by atoms with van der Waals surface area (Å²) in [5, 5.41) is 3.49. The van der Waals surface area contributed by atoms with Gasteiger partial charge in [-0.25, -0.2) is 0 Å². The topological polar surface area (TPSA) is 58.4 Å². The second kappa shape index (κ2) is 6.86. The molecule has 1 amide bonds. The van der Waals surface area contributed by atoms with E-state index in [1.165, 1.54) is 12.8 Å². The van der Waals surface area contributed by atoms with Gasteiger partial charge in [-0.05, 0) is 44.3 Å². The third-order valence-corrected chi connectivity index (χ3v) is 2.97. The van der Waals surface area contributed by atoms with Gasteiger partial charge in [0.1, 0.15) is 0 Å². The number of carbonyl (C=O) groups excluding carboxylic acids is 1. The molecular formula is C12H25N3O. The van der Waals surface area contributed by atoms with Crippen LogP contribution in [0.4, 0.5) is 0 Å². The van der Waals surface area contributed by atoms with Gasteiger partial charge in [0.25, 0.3) is 0 Å². The predicted molar refractivity (Wildman–Crippen MR) is 66.1 cm³/mol. The zero-order chi connectivity index (χ0) is 12.0. The van der Waals surface area contributed by atoms with Crippen LogP contribution in [0.25, 0.3) is 0 Å². The Bertz CT molecular complexity index is 218. The van der Waals surface area contributed by atoms with Crippen molar-refractivity contribution in [2.24, 2.45) is 17.6 Å². The van der Waals surface area contributed by atoms with Gasteiger partial charge in [0, 0.05) is 6.54 Å². The number of primary amides is 1. The van der Waals surface area contributed by atoms with E-state index in [0.717, 1.165) is 26.2 Å². The molecule has 1 fully saturated rings. The largest absolute Gasteiger partial charge is 0.369 e. The third-order valence-electron chi connectivity index (χ3n) is 2.97. The average Bonchev–Trinajstić information content (AvgIpc) is 2.16. The number of carbonyl (C=O) groups is 1. The summed E-state index contributed by atoms with van der Waals surface area (Å²) < 4.78 is 0. The zero-order valence-electron chi connectivity index (χ0n) is 10.5. The number of nitrogens with one attached hydrogen (secondary N) is 1. The van der Waals surface area contributed by atoms with Crippen molar-refractivity contribution in [1.29, 1.82) is 0 Å². The fraction of sp³-hybridized carbons (Fsp3) is 0.917. The molecule has 0 bridgehead atoms. The van der Waals surface area contributed by atoms with E-state index in [2.05, 4.69) is 24.1 Å². The van der Waals surface area contributed by atoms with Crippen molar-refractivity contribution in [2.45, 2.75) is 26.7 Å². The molecule has 1 aliphatic rings. The summed E-state index contributed by atoms with van der Waals surface area (Å²) >= 11 is 0. The highest BCUT2D eigenvalue weighted by Crippen LogP contribution is 2.15. The Labute approximate surface area is 98.6 Å². The van der Waals surface area contributed by atoms with Gasteiger partial charge in [0.15, 0.2) is 0 Å². The number of hydrogen-bond donors (Lipinski definition) is 2. The summed E-state index contributed by atoms with van der Waals surface area (Å²) in [7, 11) is 0. The van der Waals surface area contributed by atoms with Crippen molar-refractivity contribution in [3.63, 3.8) is 0 Å². The van der Waals surface area contributed by atoms with E-state index in [0.29, 0.717) is 18.4 Å². The van der Waals surface area contributed by atoms with Crippen molar-refractivity contribution in [3.05, 3.63) is 0 Å². The SMILES string of the molecule is CC(C)CNCC1CCCN(CC(N)=O)C1. The highest BCUT2D eigenvalue weighted by atomic mass is 16.1. The lowest BCUT2D eigenvalue weighted by Crippen LogP contribution is -2.43. The van der Waals surface area contributed by atoms with Crippen LogP contribution < -0.4 is 11.1 Å². The lowest BCUT2D eigenvalue weighted by atomic mass is 9.98. The number of nitrogens with two attached hydrogens (primary N) is 1. The number of piperidine rings is 1. The highest BCUT2D eigenvalue weighted by molar-refractivity contribution is 5.75. The van der Waals surface area contributed by atoms with E-state index in [1.807, 2.05) is 0 Å². The number of hydrogen-bond acceptors (Lipinski definition) is 3. The van der Waals surface area contributed by atoms with E-state index < -0.39 is 0 Å². The number of rotatable bonds is 6. The summed E-state index contributed by atoms with van der Waals surface area (Å²) in [6.07, 6.45) is 2.45. The second-order valence-corrected chi connectivity index (χ2v) is 5.26. The molecule has 1 unspecified atom stereocenters. The molecule has 4 nitrogen and oxygen atoms in total. The molecule has 1 heterocycles. The number of likely N-dealkylation sites (tertiary alicyclic amines) is 1. The van der Waals surface area contributed by atoms with Gasteiger partial charge in [0.05, 0.1) is 6.54 Å². The van der Waals surface area contributed by atoms with Crippen LogP contribution in [0.2, 0.25) is 0 Å². The van der Waals surface area contributed by atoms with Gasteiger partial charge in [-0.2, -0.15) is 0 Å². The van der Waals surface area contributed by atoms with Gasteiger partial charge in [-0.15, -0.1) is 0 Å². The zero-order valence-corrected chi connectivity index (χ0v) is 10.5. The Kier molecular flexibility index (Phi) is 5.77. The summed E-state index contributed by atoms with van der Waals surface area (Å²) in [4.78, 5) is 13.0. The maximum atomic E-state index is 10.8. The molecule has 0 spiro atoms. The Morgan fingerprint density at radius 1 is 1.56 bits per heavy atom. The minimum absolute atomic E-state index is 0.212. The quantitative estimate of drug-likeness (QED) is 0.692. The molecule has 16 heavy (non-hydrogen) atoms. The molecule has 4 heteroatoms. The first-order valence-electron chi connectivity index (χ1n) is 6.29. The molecule has 1 saturated heterocycles. The number of amides is 1. The van der Waals surface area contributed by atoms with Crippen molar-refractivity contribution >= 4 is 5.91 Å². The van der Waals surface area contributed by atoms with Gasteiger partial charge in [-0.3, -0.25) is 9.69 Å². The Morgan fingerprint density at radius 3 is 2.94 bits per heavy atom. The molecule has 0 radical (unpaired) electrons. The molecule has 0 saturated carbocycles. The first kappa shape index (κ1) is 13.5. The van der Waals surface area contributed by atoms with Gasteiger partial charge < -0.3 is 11.1 Å². The first-order valence-corrected chi connectivity index (χ1v) is 6.29. The van der Waals surface area contributed by atoms with Crippen LogP contribution in [0, 0.1) is 11.8 Å². The molecular weight excluding hydrogens is 202 g/mol. The van der Waals surface area contributed by atoms with Crippen LogP contribution in [0.15, 0.2) is 0 Å². The molecule has 1 rings (SSSR count). The van der Waals surface area contributed by atoms with Gasteiger partial charge >= 0.3 is 0 Å². The average molecular weight is 227 g/mol. The Balaban J connectivity index is 2.19. The Hall–Kier alpha value is -0.610. The number of nitrogens with zero attached hydrogens (tertiary/aromatic N) is 1. The monoisotopic (exact) mass is 227 g/mol. The van der Waals surface area contributed by atoms with E-state index >= 15 is 0 Å². The molecule has 0 aliphatic carbocycles. The maximum Gasteiger partial charge on any atom is 0.231 e. The normalized spacial score (nSPS) is 22.6. The fourth-order valence-electron chi connectivity index (χ4n) is 2.26. The molecule has 1 atom stereocenters. The third kappa shape index (κ3) is 5.47. The van der Waals surface area contributed by atoms with E-state index in [9.17, 15) is 4.79 Å². The summed E-state index contributed by atoms with van der Waals surface area (Å²) in [6, 6.07) is 0. The summed E-state index contributed by atoms with van der Waals surface area (Å²) in [5.41, 5.74) is 5.21. The lowest BCUT2D eigenvalue weighted by Gasteiger charge is -2.32. The van der Waals surface area contributed by atoms with Crippen molar-refractivity contribution in [2.75, 3.05) is 32.7 Å². The van der Waals surface area contributed by atoms with Gasteiger partial charge in [0.2, 0.25) is 5.91 Å². The smallest absolute Gasteiger partial charge is 0.231 e. The van der Waals surface area contributed by atoms with E-state index in [4.69, 9.17) is 5.73 Å². The predicted octanol–water partition coefficient (Wildman–Crippen LogP) is 0.429. The van der Waals surface area contributed by atoms with Crippen LogP contribution in [0.5, 0.6) is 0 Å². The van der Waals surface area contributed by atoms with Gasteiger partial charge in [-0.1, -0.05) is 13.8 Å². The van der Waals surface area contributed by atoms with E-state index in [-0.39, 0.29) is 5.91 Å². The van der Waals surface area contributed by atoms with Crippen molar-refractivity contribution < 1.29 is 4.79 Å². The highest BCUT2D eigenvalue weighted by Gasteiger charge is 2.20. The van der Waals surface area contributed by atoms with Crippen LogP contribution in [0.3, 0.4) is 0 Å². The first-order chi connectivity index (χ1) is 7.58.